The molecule has 0 spiro atoms. The summed E-state index contributed by atoms with van der Waals surface area (Å²) in [5, 5.41) is 2.49. The SMILES string of the molecule is CC(C)(C)OC(=O)N1CCc2cc(C(O[Si](c3ccccc3)c3ccccc3)C(C)(C)C)ccc2C1. The largest absolute Gasteiger partial charge is 0.444 e. The molecule has 1 aliphatic heterocycles. The van der Waals surface area contributed by atoms with Crippen molar-refractivity contribution in [3.8, 4) is 0 Å². The maximum absolute atomic E-state index is 12.6. The summed E-state index contributed by atoms with van der Waals surface area (Å²) in [6.07, 6.45) is 0.501. The van der Waals surface area contributed by atoms with Crippen LogP contribution in [0.5, 0.6) is 0 Å². The van der Waals surface area contributed by atoms with Gasteiger partial charge in [-0.15, -0.1) is 0 Å². The summed E-state index contributed by atoms with van der Waals surface area (Å²) >= 11 is 0. The molecule has 5 heteroatoms. The highest BCUT2D eigenvalue weighted by molar-refractivity contribution is 6.80. The second kappa shape index (κ2) is 10.6. The number of rotatable bonds is 5. The molecule has 3 aromatic rings. The van der Waals surface area contributed by atoms with E-state index in [4.69, 9.17) is 9.16 Å². The van der Waals surface area contributed by atoms with Crippen LogP contribution in [0, 0.1) is 5.41 Å². The standard InChI is InChI=1S/C31H38NO3Si/c1-30(2,3)28(35-36(26-13-9-7-10-14-26)27-15-11-8-12-16-27)24-17-18-25-22-32(20-19-23(25)21-24)29(33)34-31(4,5)6/h7-18,21,28H,19-20,22H2,1-6H3. The van der Waals surface area contributed by atoms with E-state index in [9.17, 15) is 4.79 Å². The number of ether oxygens (including phenoxy) is 1. The molecule has 0 bridgehead atoms. The van der Waals surface area contributed by atoms with Crippen molar-refractivity contribution in [1.82, 2.24) is 4.90 Å². The summed E-state index contributed by atoms with van der Waals surface area (Å²) in [7, 11) is -1.46. The van der Waals surface area contributed by atoms with Gasteiger partial charge in [-0.1, -0.05) is 99.6 Å². The van der Waals surface area contributed by atoms with Crippen molar-refractivity contribution < 1.29 is 14.0 Å². The smallest absolute Gasteiger partial charge is 0.410 e. The second-order valence-electron chi connectivity index (χ2n) is 11.6. The first-order valence-electron chi connectivity index (χ1n) is 12.8. The molecule has 0 saturated carbocycles. The van der Waals surface area contributed by atoms with E-state index in [2.05, 4.69) is 99.6 Å². The number of nitrogens with zero attached hydrogens (tertiary/aromatic N) is 1. The van der Waals surface area contributed by atoms with E-state index in [-0.39, 0.29) is 17.6 Å². The second-order valence-corrected chi connectivity index (χ2v) is 13.7. The van der Waals surface area contributed by atoms with Crippen molar-refractivity contribution in [1.29, 1.82) is 0 Å². The van der Waals surface area contributed by atoms with Crippen LogP contribution in [0.25, 0.3) is 0 Å². The Labute approximate surface area is 218 Å². The Kier molecular flexibility index (Phi) is 7.72. The van der Waals surface area contributed by atoms with E-state index in [0.717, 1.165) is 6.42 Å². The molecule has 36 heavy (non-hydrogen) atoms. The number of hydrogen-bond acceptors (Lipinski definition) is 3. The van der Waals surface area contributed by atoms with Gasteiger partial charge in [0.2, 0.25) is 0 Å². The zero-order valence-electron chi connectivity index (χ0n) is 22.4. The zero-order chi connectivity index (χ0) is 25.9. The minimum atomic E-state index is -1.46. The van der Waals surface area contributed by atoms with Gasteiger partial charge in [0.1, 0.15) is 5.60 Å². The van der Waals surface area contributed by atoms with Crippen molar-refractivity contribution in [2.75, 3.05) is 6.54 Å². The third-order valence-electron chi connectivity index (χ3n) is 6.29. The average molecular weight is 501 g/mol. The fourth-order valence-electron chi connectivity index (χ4n) is 4.56. The Morgan fingerprint density at radius 2 is 1.42 bits per heavy atom. The molecule has 0 fully saturated rings. The molecule has 0 N–H and O–H groups in total. The molecule has 4 rings (SSSR count). The van der Waals surface area contributed by atoms with Crippen molar-refractivity contribution in [2.24, 2.45) is 5.41 Å². The van der Waals surface area contributed by atoms with Gasteiger partial charge in [-0.2, -0.15) is 0 Å². The minimum Gasteiger partial charge on any atom is -0.444 e. The summed E-state index contributed by atoms with van der Waals surface area (Å²) in [5.74, 6) is 0. The van der Waals surface area contributed by atoms with Gasteiger partial charge < -0.3 is 14.1 Å². The van der Waals surface area contributed by atoms with Crippen LogP contribution in [0.15, 0.2) is 78.9 Å². The Balaban J connectivity index is 1.62. The van der Waals surface area contributed by atoms with Gasteiger partial charge in [-0.3, -0.25) is 0 Å². The first-order valence-corrected chi connectivity index (χ1v) is 14.2. The molecular weight excluding hydrogens is 462 g/mol. The molecule has 0 aromatic heterocycles. The molecular formula is C31H38NO3Si. The van der Waals surface area contributed by atoms with Crippen LogP contribution in [0.3, 0.4) is 0 Å². The average Bonchev–Trinajstić information content (AvgIpc) is 2.83. The van der Waals surface area contributed by atoms with Gasteiger partial charge in [-0.05, 0) is 59.7 Å². The Morgan fingerprint density at radius 3 is 1.94 bits per heavy atom. The van der Waals surface area contributed by atoms with E-state index in [1.54, 1.807) is 4.90 Å². The highest BCUT2D eigenvalue weighted by atomic mass is 28.3. The maximum Gasteiger partial charge on any atom is 0.410 e. The van der Waals surface area contributed by atoms with Crippen molar-refractivity contribution >= 4 is 25.5 Å². The lowest BCUT2D eigenvalue weighted by molar-refractivity contribution is 0.0223. The number of amides is 1. The van der Waals surface area contributed by atoms with Gasteiger partial charge in [0.15, 0.2) is 0 Å². The number of fused-ring (bicyclic) bond motifs is 1. The molecule has 0 aliphatic carbocycles. The van der Waals surface area contributed by atoms with Gasteiger partial charge in [0.25, 0.3) is 9.04 Å². The van der Waals surface area contributed by atoms with E-state index < -0.39 is 14.6 Å². The Hall–Kier alpha value is -2.89. The normalized spacial score (nSPS) is 14.9. The van der Waals surface area contributed by atoms with Crippen LogP contribution in [0.2, 0.25) is 0 Å². The number of benzene rings is 3. The molecule has 0 saturated heterocycles. The van der Waals surface area contributed by atoms with Crippen LogP contribution in [-0.4, -0.2) is 32.2 Å². The van der Waals surface area contributed by atoms with E-state index >= 15 is 0 Å². The predicted octanol–water partition coefficient (Wildman–Crippen LogP) is 5.89. The highest BCUT2D eigenvalue weighted by Crippen LogP contribution is 2.38. The molecule has 1 amide bonds. The van der Waals surface area contributed by atoms with Gasteiger partial charge in [0, 0.05) is 13.1 Å². The molecule has 1 atom stereocenters. The highest BCUT2D eigenvalue weighted by Gasteiger charge is 2.33. The maximum atomic E-state index is 12.6. The summed E-state index contributed by atoms with van der Waals surface area (Å²) in [6, 6.07) is 27.8. The van der Waals surface area contributed by atoms with Gasteiger partial charge in [-0.25, -0.2) is 4.79 Å². The zero-order valence-corrected chi connectivity index (χ0v) is 23.4. The number of carbonyl (C=O) groups is 1. The van der Waals surface area contributed by atoms with Crippen LogP contribution < -0.4 is 10.4 Å². The molecule has 1 aliphatic rings. The van der Waals surface area contributed by atoms with Crippen LogP contribution in [0.1, 0.15) is 64.3 Å². The topological polar surface area (TPSA) is 38.8 Å². The molecule has 189 valence electrons. The molecule has 1 unspecified atom stereocenters. The van der Waals surface area contributed by atoms with E-state index in [1.807, 2.05) is 20.8 Å². The lowest BCUT2D eigenvalue weighted by Crippen LogP contribution is -2.47. The number of hydrogen-bond donors (Lipinski definition) is 0. The summed E-state index contributed by atoms with van der Waals surface area (Å²) in [6.45, 7) is 13.7. The third kappa shape index (κ3) is 6.45. The Morgan fingerprint density at radius 1 is 0.833 bits per heavy atom. The minimum absolute atomic E-state index is 0.0685. The first-order chi connectivity index (χ1) is 17.0. The third-order valence-corrected chi connectivity index (χ3v) is 8.48. The molecule has 4 nitrogen and oxygen atoms in total. The van der Waals surface area contributed by atoms with Gasteiger partial charge in [0.05, 0.1) is 6.10 Å². The van der Waals surface area contributed by atoms with Crippen LogP contribution in [0.4, 0.5) is 4.79 Å². The molecule has 1 radical (unpaired) electrons. The lowest BCUT2D eigenvalue weighted by Gasteiger charge is -2.36. The van der Waals surface area contributed by atoms with E-state index in [0.29, 0.717) is 13.1 Å². The van der Waals surface area contributed by atoms with E-state index in [1.165, 1.54) is 27.1 Å². The first kappa shape index (κ1) is 26.2. The molecule has 3 aromatic carbocycles. The van der Waals surface area contributed by atoms with Crippen molar-refractivity contribution in [3.05, 3.63) is 95.6 Å². The predicted molar refractivity (Wildman–Crippen MR) is 148 cm³/mol. The Bertz CT molecular complexity index is 1130. The summed E-state index contributed by atoms with van der Waals surface area (Å²) in [4.78, 5) is 14.4. The van der Waals surface area contributed by atoms with Crippen molar-refractivity contribution in [3.63, 3.8) is 0 Å². The van der Waals surface area contributed by atoms with Crippen LogP contribution >= 0.6 is 0 Å². The van der Waals surface area contributed by atoms with Gasteiger partial charge >= 0.3 is 6.09 Å². The van der Waals surface area contributed by atoms with Crippen molar-refractivity contribution in [2.45, 2.75) is 66.2 Å². The monoisotopic (exact) mass is 500 g/mol. The van der Waals surface area contributed by atoms with Crippen LogP contribution in [-0.2, 0) is 22.1 Å². The summed E-state index contributed by atoms with van der Waals surface area (Å²) < 4.78 is 12.7. The summed E-state index contributed by atoms with van der Waals surface area (Å²) in [5.41, 5.74) is 3.08. The lowest BCUT2D eigenvalue weighted by atomic mass is 9.83. The molecule has 1 heterocycles. The fourth-order valence-corrected chi connectivity index (χ4v) is 6.88. The number of carbonyl (C=O) groups excluding carboxylic acids is 1. The quantitative estimate of drug-likeness (QED) is 0.410. The fraction of sp³-hybridized carbons (Fsp3) is 0.387.